The van der Waals surface area contributed by atoms with Crippen LogP contribution in [0.15, 0.2) is 17.0 Å². The second-order valence-corrected chi connectivity index (χ2v) is 5.52. The minimum atomic E-state index is -0.0733. The third-order valence-electron chi connectivity index (χ3n) is 3.96. The van der Waals surface area contributed by atoms with Crippen molar-refractivity contribution in [3.63, 3.8) is 0 Å². The van der Waals surface area contributed by atoms with Gasteiger partial charge < -0.3 is 19.6 Å². The Bertz CT molecular complexity index is 623. The maximum atomic E-state index is 9.16. The summed E-state index contributed by atoms with van der Waals surface area (Å²) in [6.07, 6.45) is 7.27. The van der Waals surface area contributed by atoms with E-state index >= 15 is 0 Å². The smallest absolute Gasteiger partial charge is 0.194 e. The highest BCUT2D eigenvalue weighted by Gasteiger charge is 2.30. The number of aliphatic hydroxyl groups excluding tert-OH is 1. The largest absolute Gasteiger partial charge is 0.458 e. The van der Waals surface area contributed by atoms with Crippen LogP contribution in [0, 0.1) is 0 Å². The Kier molecular flexibility index (Phi) is 2.85. The second-order valence-electron chi connectivity index (χ2n) is 5.52. The molecule has 2 fully saturated rings. The van der Waals surface area contributed by atoms with Gasteiger partial charge in [-0.25, -0.2) is 9.97 Å². The SMILES string of the molecule is OC[C@@H]1CC[C@H](c2coc3c(NC4CC4)ncnc23)O1. The molecule has 0 radical (unpaired) electrons. The van der Waals surface area contributed by atoms with E-state index in [0.717, 1.165) is 29.7 Å². The average molecular weight is 275 g/mol. The third-order valence-corrected chi connectivity index (χ3v) is 3.96. The Hall–Kier alpha value is -1.66. The summed E-state index contributed by atoms with van der Waals surface area (Å²) in [5.74, 6) is 0.764. The number of aromatic nitrogens is 2. The summed E-state index contributed by atoms with van der Waals surface area (Å²) in [6, 6.07) is 0.517. The fraction of sp³-hybridized carbons (Fsp3) is 0.571. The van der Waals surface area contributed by atoms with Crippen molar-refractivity contribution in [1.29, 1.82) is 0 Å². The maximum absolute atomic E-state index is 9.16. The normalized spacial score (nSPS) is 26.2. The van der Waals surface area contributed by atoms with Crippen LogP contribution in [0.4, 0.5) is 5.82 Å². The number of nitrogens with one attached hydrogen (secondary N) is 1. The van der Waals surface area contributed by atoms with Crippen molar-refractivity contribution in [3.05, 3.63) is 18.2 Å². The molecule has 6 heteroatoms. The number of fused-ring (bicyclic) bond motifs is 1. The van der Waals surface area contributed by atoms with E-state index in [0.29, 0.717) is 11.6 Å². The van der Waals surface area contributed by atoms with Crippen LogP contribution in [0.1, 0.15) is 37.4 Å². The van der Waals surface area contributed by atoms with Crippen LogP contribution in [-0.4, -0.2) is 33.8 Å². The molecule has 20 heavy (non-hydrogen) atoms. The van der Waals surface area contributed by atoms with Crippen LogP contribution < -0.4 is 5.32 Å². The van der Waals surface area contributed by atoms with Gasteiger partial charge in [-0.15, -0.1) is 0 Å². The lowest BCUT2D eigenvalue weighted by atomic mass is 10.1. The molecule has 0 aromatic carbocycles. The van der Waals surface area contributed by atoms with Gasteiger partial charge in [-0.3, -0.25) is 0 Å². The van der Waals surface area contributed by atoms with Crippen LogP contribution in [0.2, 0.25) is 0 Å². The molecule has 1 aliphatic carbocycles. The molecule has 0 amide bonds. The number of aliphatic hydroxyl groups is 1. The molecule has 0 spiro atoms. The quantitative estimate of drug-likeness (QED) is 0.888. The zero-order chi connectivity index (χ0) is 13.5. The van der Waals surface area contributed by atoms with E-state index in [4.69, 9.17) is 14.3 Å². The van der Waals surface area contributed by atoms with Gasteiger partial charge in [-0.1, -0.05) is 0 Å². The predicted octanol–water partition coefficient (Wildman–Crippen LogP) is 2.01. The lowest BCUT2D eigenvalue weighted by Crippen LogP contribution is -2.11. The van der Waals surface area contributed by atoms with Crippen LogP contribution in [0.5, 0.6) is 0 Å². The van der Waals surface area contributed by atoms with Crippen molar-refractivity contribution in [2.24, 2.45) is 0 Å². The first kappa shape index (κ1) is 12.1. The molecule has 2 aromatic heterocycles. The summed E-state index contributed by atoms with van der Waals surface area (Å²) in [7, 11) is 0. The fourth-order valence-electron chi connectivity index (χ4n) is 2.69. The van der Waals surface area contributed by atoms with Crippen LogP contribution in [0.25, 0.3) is 11.1 Å². The molecule has 2 aromatic rings. The summed E-state index contributed by atoms with van der Waals surface area (Å²) in [5, 5.41) is 12.5. The molecule has 2 atom stereocenters. The molecule has 6 nitrogen and oxygen atoms in total. The fourth-order valence-corrected chi connectivity index (χ4v) is 2.69. The lowest BCUT2D eigenvalue weighted by molar-refractivity contribution is 0.0112. The van der Waals surface area contributed by atoms with Crippen LogP contribution in [0.3, 0.4) is 0 Å². The van der Waals surface area contributed by atoms with E-state index in [9.17, 15) is 0 Å². The van der Waals surface area contributed by atoms with Gasteiger partial charge in [0.2, 0.25) is 0 Å². The number of nitrogens with zero attached hydrogens (tertiary/aromatic N) is 2. The first-order chi connectivity index (χ1) is 9.85. The van der Waals surface area contributed by atoms with Crippen LogP contribution >= 0.6 is 0 Å². The zero-order valence-electron chi connectivity index (χ0n) is 11.1. The van der Waals surface area contributed by atoms with Gasteiger partial charge >= 0.3 is 0 Å². The van der Waals surface area contributed by atoms with E-state index in [2.05, 4.69) is 15.3 Å². The summed E-state index contributed by atoms with van der Waals surface area (Å²) < 4.78 is 11.5. The highest BCUT2D eigenvalue weighted by Crippen LogP contribution is 2.38. The van der Waals surface area contributed by atoms with E-state index < -0.39 is 0 Å². The molecule has 3 heterocycles. The molecule has 2 N–H and O–H groups in total. The Morgan fingerprint density at radius 1 is 1.25 bits per heavy atom. The van der Waals surface area contributed by atoms with Gasteiger partial charge in [0.1, 0.15) is 11.8 Å². The molecule has 0 bridgehead atoms. The van der Waals surface area contributed by atoms with Crippen molar-refractivity contribution in [3.8, 4) is 0 Å². The van der Waals surface area contributed by atoms with Crippen molar-refractivity contribution in [2.45, 2.75) is 43.9 Å². The average Bonchev–Trinajstić information content (AvgIpc) is 3.01. The molecule has 1 saturated heterocycles. The molecule has 1 aliphatic heterocycles. The number of rotatable bonds is 4. The molecular formula is C14H17N3O3. The van der Waals surface area contributed by atoms with E-state index in [-0.39, 0.29) is 18.8 Å². The predicted molar refractivity (Wildman–Crippen MR) is 72.4 cm³/mol. The minimum Gasteiger partial charge on any atom is -0.458 e. The first-order valence-electron chi connectivity index (χ1n) is 7.10. The van der Waals surface area contributed by atoms with E-state index in [1.54, 1.807) is 12.6 Å². The van der Waals surface area contributed by atoms with Gasteiger partial charge in [0.05, 0.1) is 25.1 Å². The van der Waals surface area contributed by atoms with Gasteiger partial charge in [0.15, 0.2) is 11.4 Å². The highest BCUT2D eigenvalue weighted by molar-refractivity contribution is 5.86. The number of ether oxygens (including phenoxy) is 1. The molecular weight excluding hydrogens is 258 g/mol. The molecule has 106 valence electrons. The monoisotopic (exact) mass is 275 g/mol. The summed E-state index contributed by atoms with van der Waals surface area (Å²) >= 11 is 0. The molecule has 0 unspecified atom stereocenters. The van der Waals surface area contributed by atoms with Crippen molar-refractivity contribution in [1.82, 2.24) is 9.97 Å². The van der Waals surface area contributed by atoms with E-state index in [1.165, 1.54) is 12.8 Å². The Balaban J connectivity index is 1.67. The standard InChI is InChI=1S/C14H17N3O3/c18-5-9-3-4-11(20-9)10-6-19-13-12(10)15-7-16-14(13)17-8-1-2-8/h6-9,11,18H,1-5H2,(H,15,16,17)/t9-,11+/m0/s1. The topological polar surface area (TPSA) is 80.4 Å². The number of hydrogen-bond donors (Lipinski definition) is 2. The third kappa shape index (κ3) is 2.05. The Labute approximate surface area is 116 Å². The van der Waals surface area contributed by atoms with Crippen LogP contribution in [-0.2, 0) is 4.74 Å². The summed E-state index contributed by atoms with van der Waals surface area (Å²) in [6.45, 7) is 0.0652. The Morgan fingerprint density at radius 3 is 2.90 bits per heavy atom. The zero-order valence-corrected chi connectivity index (χ0v) is 11.1. The van der Waals surface area contributed by atoms with Crippen molar-refractivity contribution >= 4 is 16.9 Å². The number of hydrogen-bond acceptors (Lipinski definition) is 6. The highest BCUT2D eigenvalue weighted by atomic mass is 16.5. The number of furan rings is 1. The van der Waals surface area contributed by atoms with E-state index in [1.807, 2.05) is 0 Å². The second kappa shape index (κ2) is 4.71. The summed E-state index contributed by atoms with van der Waals surface area (Å²) in [5.41, 5.74) is 2.47. The molecule has 4 rings (SSSR count). The summed E-state index contributed by atoms with van der Waals surface area (Å²) in [4.78, 5) is 8.60. The number of anilines is 1. The van der Waals surface area contributed by atoms with Gasteiger partial charge in [0, 0.05) is 11.6 Å². The first-order valence-corrected chi connectivity index (χ1v) is 7.10. The molecule has 2 aliphatic rings. The minimum absolute atomic E-state index is 0.0444. The van der Waals surface area contributed by atoms with Gasteiger partial charge in [-0.2, -0.15) is 0 Å². The maximum Gasteiger partial charge on any atom is 0.194 e. The van der Waals surface area contributed by atoms with Gasteiger partial charge in [0.25, 0.3) is 0 Å². The van der Waals surface area contributed by atoms with Gasteiger partial charge in [-0.05, 0) is 25.7 Å². The lowest BCUT2D eigenvalue weighted by Gasteiger charge is -2.10. The molecule has 1 saturated carbocycles. The van der Waals surface area contributed by atoms with Crippen molar-refractivity contribution in [2.75, 3.05) is 11.9 Å². The van der Waals surface area contributed by atoms with Crippen molar-refractivity contribution < 1.29 is 14.3 Å². The Morgan fingerprint density at radius 2 is 2.15 bits per heavy atom.